The molecule has 27 heavy (non-hydrogen) atoms. The molecule has 0 spiro atoms. The summed E-state index contributed by atoms with van der Waals surface area (Å²) in [5, 5.41) is 0. The molecule has 2 aromatic carbocycles. The van der Waals surface area contributed by atoms with Gasteiger partial charge < -0.3 is 4.74 Å². The molecule has 146 valence electrons. The molecule has 1 unspecified atom stereocenters. The Bertz CT molecular complexity index is 820. The van der Waals surface area contributed by atoms with Gasteiger partial charge in [-0.25, -0.2) is 13.2 Å². The monoisotopic (exact) mass is 388 g/mol. The summed E-state index contributed by atoms with van der Waals surface area (Å²) in [4.78, 5) is 0. The number of fused-ring (bicyclic) bond motifs is 1. The van der Waals surface area contributed by atoms with Gasteiger partial charge in [-0.2, -0.15) is 0 Å². The van der Waals surface area contributed by atoms with E-state index in [1.165, 1.54) is 12.1 Å². The van der Waals surface area contributed by atoms with Gasteiger partial charge in [-0.1, -0.05) is 0 Å². The molecule has 0 bridgehead atoms. The lowest BCUT2D eigenvalue weighted by Gasteiger charge is -2.25. The molecule has 0 saturated heterocycles. The molecule has 1 aliphatic rings. The second-order valence-electron chi connectivity index (χ2n) is 6.95. The highest BCUT2D eigenvalue weighted by Crippen LogP contribution is 2.34. The zero-order chi connectivity index (χ0) is 19.8. The summed E-state index contributed by atoms with van der Waals surface area (Å²) >= 11 is 0. The van der Waals surface area contributed by atoms with Gasteiger partial charge >= 0.3 is 6.36 Å². The molecule has 1 atom stereocenters. The molecule has 0 radical (unpaired) electrons. The summed E-state index contributed by atoms with van der Waals surface area (Å²) in [7, 11) is 0. The molecule has 0 aromatic heterocycles. The fourth-order valence-electron chi connectivity index (χ4n) is 3.60. The molecule has 7 heteroatoms. The summed E-state index contributed by atoms with van der Waals surface area (Å²) < 4.78 is 82.4. The summed E-state index contributed by atoms with van der Waals surface area (Å²) in [6.45, 7) is 1.61. The highest BCUT2D eigenvalue weighted by molar-refractivity contribution is 5.39. The predicted molar refractivity (Wildman–Crippen MR) is 88.0 cm³/mol. The third-order valence-corrected chi connectivity index (χ3v) is 4.90. The predicted octanol–water partition coefficient (Wildman–Crippen LogP) is 6.05. The molecule has 0 heterocycles. The van der Waals surface area contributed by atoms with Crippen LogP contribution in [0.25, 0.3) is 0 Å². The van der Waals surface area contributed by atoms with E-state index in [9.17, 15) is 26.3 Å². The third kappa shape index (κ3) is 4.76. The van der Waals surface area contributed by atoms with E-state index in [1.807, 2.05) is 0 Å². The minimum absolute atomic E-state index is 0.0338. The molecule has 0 N–H and O–H groups in total. The van der Waals surface area contributed by atoms with Gasteiger partial charge in [0.15, 0.2) is 11.6 Å². The number of hydrogen-bond acceptors (Lipinski definition) is 1. The largest absolute Gasteiger partial charge is 0.573 e. The van der Waals surface area contributed by atoms with Crippen molar-refractivity contribution in [3.8, 4) is 5.75 Å². The van der Waals surface area contributed by atoms with Crippen molar-refractivity contribution < 1.29 is 31.1 Å². The van der Waals surface area contributed by atoms with Crippen molar-refractivity contribution in [1.29, 1.82) is 0 Å². The number of benzene rings is 2. The van der Waals surface area contributed by atoms with Crippen molar-refractivity contribution in [3.05, 3.63) is 64.0 Å². The van der Waals surface area contributed by atoms with Crippen molar-refractivity contribution in [2.75, 3.05) is 0 Å². The number of ether oxygens (including phenoxy) is 1. The van der Waals surface area contributed by atoms with Crippen LogP contribution in [-0.4, -0.2) is 6.36 Å². The van der Waals surface area contributed by atoms with Crippen molar-refractivity contribution in [2.45, 2.75) is 45.4 Å². The van der Waals surface area contributed by atoms with Gasteiger partial charge in [0.2, 0.25) is 0 Å². The maximum Gasteiger partial charge on any atom is 0.573 e. The summed E-state index contributed by atoms with van der Waals surface area (Å²) in [5.74, 6) is -2.98. The van der Waals surface area contributed by atoms with Crippen LogP contribution in [0, 0.1) is 30.3 Å². The van der Waals surface area contributed by atoms with Crippen molar-refractivity contribution in [2.24, 2.45) is 5.92 Å². The maximum absolute atomic E-state index is 13.9. The lowest BCUT2D eigenvalue weighted by atomic mass is 9.81. The quantitative estimate of drug-likeness (QED) is 0.580. The van der Waals surface area contributed by atoms with Crippen molar-refractivity contribution >= 4 is 0 Å². The first-order valence-electron chi connectivity index (χ1n) is 8.64. The molecule has 3 rings (SSSR count). The van der Waals surface area contributed by atoms with E-state index < -0.39 is 29.6 Å². The Morgan fingerprint density at radius 2 is 1.63 bits per heavy atom. The Balaban J connectivity index is 1.69. The highest BCUT2D eigenvalue weighted by atomic mass is 19.4. The zero-order valence-electron chi connectivity index (χ0n) is 14.6. The van der Waals surface area contributed by atoms with Gasteiger partial charge in [0.25, 0.3) is 0 Å². The fourth-order valence-corrected chi connectivity index (χ4v) is 3.60. The van der Waals surface area contributed by atoms with E-state index in [2.05, 4.69) is 4.74 Å². The summed E-state index contributed by atoms with van der Waals surface area (Å²) in [5.41, 5.74) is 1.77. The SMILES string of the molecule is Cc1cc(F)c(CCC2CCc3cc(OC(F)(F)F)c(F)cc3C2)c(F)c1. The van der Waals surface area contributed by atoms with Crippen molar-refractivity contribution in [3.63, 3.8) is 0 Å². The minimum Gasteiger partial charge on any atom is -0.403 e. The van der Waals surface area contributed by atoms with E-state index in [1.54, 1.807) is 6.92 Å². The molecule has 0 saturated carbocycles. The number of hydrogen-bond donors (Lipinski definition) is 0. The van der Waals surface area contributed by atoms with E-state index in [4.69, 9.17) is 0 Å². The number of aryl methyl sites for hydroxylation is 2. The topological polar surface area (TPSA) is 9.23 Å². The first kappa shape index (κ1) is 19.6. The Hall–Kier alpha value is -2.18. The molecule has 0 fully saturated rings. The Kier molecular flexibility index (Phi) is 5.40. The Morgan fingerprint density at radius 3 is 2.26 bits per heavy atom. The van der Waals surface area contributed by atoms with E-state index in [-0.39, 0.29) is 17.9 Å². The molecule has 1 nitrogen and oxygen atoms in total. The smallest absolute Gasteiger partial charge is 0.403 e. The van der Waals surface area contributed by atoms with Crippen LogP contribution in [0.3, 0.4) is 0 Å². The first-order valence-corrected chi connectivity index (χ1v) is 8.64. The van der Waals surface area contributed by atoms with Gasteiger partial charge in [-0.15, -0.1) is 13.2 Å². The normalized spacial score (nSPS) is 16.9. The van der Waals surface area contributed by atoms with Crippen LogP contribution in [0.5, 0.6) is 5.75 Å². The average Bonchev–Trinajstić information content (AvgIpc) is 2.53. The van der Waals surface area contributed by atoms with E-state index in [0.29, 0.717) is 42.4 Å². The van der Waals surface area contributed by atoms with Gasteiger partial charge in [0.05, 0.1) is 0 Å². The van der Waals surface area contributed by atoms with Gasteiger partial charge in [0.1, 0.15) is 11.6 Å². The Labute approximate surface area is 153 Å². The third-order valence-electron chi connectivity index (χ3n) is 4.90. The molecular formula is C20H18F6O. The highest BCUT2D eigenvalue weighted by Gasteiger charge is 2.33. The molecule has 0 aliphatic heterocycles. The number of alkyl halides is 3. The van der Waals surface area contributed by atoms with Crippen LogP contribution in [0.15, 0.2) is 24.3 Å². The van der Waals surface area contributed by atoms with Crippen LogP contribution >= 0.6 is 0 Å². The van der Waals surface area contributed by atoms with E-state index in [0.717, 1.165) is 12.1 Å². The maximum atomic E-state index is 13.9. The second-order valence-corrected chi connectivity index (χ2v) is 6.95. The zero-order valence-corrected chi connectivity index (χ0v) is 14.6. The van der Waals surface area contributed by atoms with Crippen LogP contribution in [0.1, 0.15) is 35.1 Å². The standard InChI is InChI=1S/C20H18F6O/c1-11-6-16(21)15(17(22)7-11)5-3-12-2-4-13-10-19(27-20(24,25)26)18(23)9-14(13)8-12/h6-7,9-10,12H,2-5,8H2,1H3. The Morgan fingerprint density at radius 1 is 0.963 bits per heavy atom. The lowest BCUT2D eigenvalue weighted by molar-refractivity contribution is -0.275. The van der Waals surface area contributed by atoms with Crippen LogP contribution in [0.2, 0.25) is 0 Å². The van der Waals surface area contributed by atoms with Crippen LogP contribution in [-0.2, 0) is 19.3 Å². The number of rotatable bonds is 4. The lowest BCUT2D eigenvalue weighted by Crippen LogP contribution is -2.20. The van der Waals surface area contributed by atoms with Crippen LogP contribution < -0.4 is 4.74 Å². The number of halogens is 6. The van der Waals surface area contributed by atoms with E-state index >= 15 is 0 Å². The molecule has 2 aromatic rings. The first-order chi connectivity index (χ1) is 12.6. The second kappa shape index (κ2) is 7.44. The van der Waals surface area contributed by atoms with Gasteiger partial charge in [-0.3, -0.25) is 0 Å². The fraction of sp³-hybridized carbons (Fsp3) is 0.400. The molecule has 1 aliphatic carbocycles. The minimum atomic E-state index is -4.95. The molecule has 0 amide bonds. The average molecular weight is 388 g/mol. The van der Waals surface area contributed by atoms with Crippen LogP contribution in [0.4, 0.5) is 26.3 Å². The van der Waals surface area contributed by atoms with Gasteiger partial charge in [-0.05, 0) is 85.9 Å². The summed E-state index contributed by atoms with van der Waals surface area (Å²) in [6, 6.07) is 4.72. The summed E-state index contributed by atoms with van der Waals surface area (Å²) in [6.07, 6.45) is -2.65. The van der Waals surface area contributed by atoms with Crippen molar-refractivity contribution in [1.82, 2.24) is 0 Å². The molecular weight excluding hydrogens is 370 g/mol. The van der Waals surface area contributed by atoms with Gasteiger partial charge in [0, 0.05) is 5.56 Å².